The number of nitrogens with two attached hydrogens (primary N) is 1. The number of benzene rings is 1. The summed E-state index contributed by atoms with van der Waals surface area (Å²) in [6.07, 6.45) is -2.48. The van der Waals surface area contributed by atoms with Gasteiger partial charge in [-0.15, -0.1) is 0 Å². The van der Waals surface area contributed by atoms with Crippen LogP contribution in [0.3, 0.4) is 0 Å². The lowest BCUT2D eigenvalue weighted by Gasteiger charge is -2.11. The van der Waals surface area contributed by atoms with Crippen LogP contribution in [0.25, 0.3) is 0 Å². The number of aromatic amines is 1. The first-order valence-electron chi connectivity index (χ1n) is 7.89. The fourth-order valence-corrected chi connectivity index (χ4v) is 2.82. The number of carbonyl (C=O) groups excluding carboxylic acids is 2. The van der Waals surface area contributed by atoms with E-state index in [1.807, 2.05) is 0 Å². The molecule has 0 unspecified atom stereocenters. The summed E-state index contributed by atoms with van der Waals surface area (Å²) in [7, 11) is 0. The van der Waals surface area contributed by atoms with Gasteiger partial charge in [-0.25, -0.2) is 9.37 Å². The van der Waals surface area contributed by atoms with Gasteiger partial charge in [-0.3, -0.25) is 9.59 Å². The smallest absolute Gasteiger partial charge is 0.395 e. The maximum Gasteiger partial charge on any atom is 0.417 e. The SMILES string of the molecule is Nc1c(NC(=O)c2cc(C(=O)c3ccccc3C(F)(F)F)c[nH]2)cnc(Br)c1F. The van der Waals surface area contributed by atoms with Crippen LogP contribution in [0.5, 0.6) is 0 Å². The number of H-pyrrole nitrogens is 1. The lowest BCUT2D eigenvalue weighted by molar-refractivity contribution is -0.137. The summed E-state index contributed by atoms with van der Waals surface area (Å²) in [5.41, 5.74) is 3.18. The van der Waals surface area contributed by atoms with Crippen LogP contribution in [0.15, 0.2) is 47.3 Å². The van der Waals surface area contributed by atoms with E-state index in [-0.39, 0.29) is 27.2 Å². The van der Waals surface area contributed by atoms with Gasteiger partial charge in [-0.1, -0.05) is 18.2 Å². The van der Waals surface area contributed by atoms with Gasteiger partial charge in [-0.2, -0.15) is 13.2 Å². The number of aromatic nitrogens is 2. The molecule has 0 aliphatic carbocycles. The molecule has 3 aromatic rings. The Labute approximate surface area is 169 Å². The van der Waals surface area contributed by atoms with E-state index in [1.165, 1.54) is 12.1 Å². The number of carbonyl (C=O) groups is 2. The van der Waals surface area contributed by atoms with Gasteiger partial charge in [0.15, 0.2) is 11.6 Å². The number of alkyl halides is 3. The number of pyridine rings is 1. The number of hydrogen-bond donors (Lipinski definition) is 3. The molecule has 0 spiro atoms. The van der Waals surface area contributed by atoms with Crippen molar-refractivity contribution in [3.8, 4) is 0 Å². The minimum absolute atomic E-state index is 0.111. The predicted octanol–water partition coefficient (Wildman–Crippen LogP) is 4.40. The molecule has 0 fully saturated rings. The third-order valence-corrected chi connectivity index (χ3v) is 4.48. The highest BCUT2D eigenvalue weighted by atomic mass is 79.9. The zero-order chi connectivity index (χ0) is 21.3. The van der Waals surface area contributed by atoms with Gasteiger partial charge in [0.1, 0.15) is 10.3 Å². The molecule has 1 aromatic carbocycles. The van der Waals surface area contributed by atoms with E-state index in [2.05, 4.69) is 31.2 Å². The van der Waals surface area contributed by atoms with Gasteiger partial charge < -0.3 is 16.0 Å². The van der Waals surface area contributed by atoms with Crippen LogP contribution >= 0.6 is 15.9 Å². The van der Waals surface area contributed by atoms with E-state index in [4.69, 9.17) is 5.73 Å². The van der Waals surface area contributed by atoms with E-state index < -0.39 is 34.8 Å². The minimum Gasteiger partial charge on any atom is -0.395 e. The van der Waals surface area contributed by atoms with Crippen LogP contribution in [-0.4, -0.2) is 21.7 Å². The molecular weight excluding hydrogens is 460 g/mol. The van der Waals surface area contributed by atoms with Gasteiger partial charge in [0.05, 0.1) is 23.1 Å². The normalized spacial score (nSPS) is 11.3. The second kappa shape index (κ2) is 7.66. The highest BCUT2D eigenvalue weighted by molar-refractivity contribution is 9.10. The van der Waals surface area contributed by atoms with Crippen molar-refractivity contribution >= 4 is 39.0 Å². The number of halogens is 5. The van der Waals surface area contributed by atoms with Crippen molar-refractivity contribution in [2.24, 2.45) is 0 Å². The molecule has 3 rings (SSSR count). The molecular formula is C18H11BrF4N4O2. The number of nitrogen functional groups attached to an aromatic ring is 1. The Kier molecular flexibility index (Phi) is 5.42. The molecule has 29 heavy (non-hydrogen) atoms. The second-order valence-corrected chi connectivity index (χ2v) is 6.57. The highest BCUT2D eigenvalue weighted by Gasteiger charge is 2.35. The Hall–Kier alpha value is -3.21. The third kappa shape index (κ3) is 4.14. The summed E-state index contributed by atoms with van der Waals surface area (Å²) < 4.78 is 53.0. The van der Waals surface area contributed by atoms with Gasteiger partial charge >= 0.3 is 6.18 Å². The first kappa shape index (κ1) is 20.5. The molecule has 11 heteroatoms. The molecule has 150 valence electrons. The molecule has 4 N–H and O–H groups in total. The molecule has 0 bridgehead atoms. The summed E-state index contributed by atoms with van der Waals surface area (Å²) in [6.45, 7) is 0. The van der Waals surface area contributed by atoms with Crippen LogP contribution in [0.2, 0.25) is 0 Å². The van der Waals surface area contributed by atoms with Crippen LogP contribution in [-0.2, 0) is 6.18 Å². The van der Waals surface area contributed by atoms with Crippen molar-refractivity contribution in [3.63, 3.8) is 0 Å². The average Bonchev–Trinajstić information content (AvgIpc) is 3.17. The Morgan fingerprint density at radius 2 is 1.90 bits per heavy atom. The minimum atomic E-state index is -4.71. The summed E-state index contributed by atoms with van der Waals surface area (Å²) in [4.78, 5) is 31.0. The summed E-state index contributed by atoms with van der Waals surface area (Å²) in [5, 5.41) is 2.31. The van der Waals surface area contributed by atoms with Crippen LogP contribution in [0.4, 0.5) is 28.9 Å². The molecule has 0 aliphatic heterocycles. The quantitative estimate of drug-likeness (QED) is 0.299. The van der Waals surface area contributed by atoms with Crippen molar-refractivity contribution in [2.75, 3.05) is 11.1 Å². The fraction of sp³-hybridized carbons (Fsp3) is 0.0556. The van der Waals surface area contributed by atoms with Gasteiger partial charge in [-0.05, 0) is 28.1 Å². The molecule has 0 atom stereocenters. The highest BCUT2D eigenvalue weighted by Crippen LogP contribution is 2.33. The molecule has 0 aliphatic rings. The third-order valence-electron chi connectivity index (χ3n) is 3.93. The summed E-state index contributed by atoms with van der Waals surface area (Å²) in [5.74, 6) is -2.57. The van der Waals surface area contributed by atoms with E-state index in [9.17, 15) is 27.2 Å². The predicted molar refractivity (Wildman–Crippen MR) is 99.9 cm³/mol. The number of hydrogen-bond acceptors (Lipinski definition) is 4. The van der Waals surface area contributed by atoms with Crippen molar-refractivity contribution in [1.29, 1.82) is 0 Å². The topological polar surface area (TPSA) is 101 Å². The van der Waals surface area contributed by atoms with E-state index in [0.29, 0.717) is 0 Å². The van der Waals surface area contributed by atoms with Crippen molar-refractivity contribution in [3.05, 3.63) is 75.5 Å². The molecule has 1 amide bonds. The van der Waals surface area contributed by atoms with Crippen LogP contribution in [0, 0.1) is 5.82 Å². The van der Waals surface area contributed by atoms with Crippen LogP contribution in [0.1, 0.15) is 32.0 Å². The van der Waals surface area contributed by atoms with E-state index >= 15 is 0 Å². The molecule has 0 saturated carbocycles. The Morgan fingerprint density at radius 1 is 1.21 bits per heavy atom. The fourth-order valence-electron chi connectivity index (χ4n) is 2.51. The zero-order valence-electron chi connectivity index (χ0n) is 14.3. The Bertz CT molecular complexity index is 1110. The molecule has 6 nitrogen and oxygen atoms in total. The second-order valence-electron chi connectivity index (χ2n) is 5.82. The van der Waals surface area contributed by atoms with Gasteiger partial charge in [0.2, 0.25) is 0 Å². The van der Waals surface area contributed by atoms with Crippen molar-refractivity contribution < 1.29 is 27.2 Å². The maximum absolute atomic E-state index is 13.7. The lowest BCUT2D eigenvalue weighted by Crippen LogP contribution is -2.15. The first-order valence-corrected chi connectivity index (χ1v) is 8.69. The zero-order valence-corrected chi connectivity index (χ0v) is 15.9. The molecule has 0 radical (unpaired) electrons. The van der Waals surface area contributed by atoms with Crippen molar-refractivity contribution in [2.45, 2.75) is 6.18 Å². The first-order chi connectivity index (χ1) is 13.6. The standard InChI is InChI=1S/C18H11BrF4N4O2/c19-16-13(20)14(24)12(7-26-16)27-17(29)11-5-8(6-25-11)15(28)9-3-1-2-4-10(9)18(21,22)23/h1-7,25H,(H2,24,26)(H,27,29). The number of rotatable bonds is 4. The van der Waals surface area contributed by atoms with Crippen LogP contribution < -0.4 is 11.1 Å². The monoisotopic (exact) mass is 470 g/mol. The van der Waals surface area contributed by atoms with Gasteiger partial charge in [0, 0.05) is 17.3 Å². The Balaban J connectivity index is 1.86. The number of nitrogens with zero attached hydrogens (tertiary/aromatic N) is 1. The molecule has 0 saturated heterocycles. The lowest BCUT2D eigenvalue weighted by atomic mass is 9.99. The molecule has 2 heterocycles. The number of amides is 1. The largest absolute Gasteiger partial charge is 0.417 e. The summed E-state index contributed by atoms with van der Waals surface area (Å²) >= 11 is 2.85. The average molecular weight is 471 g/mol. The van der Waals surface area contributed by atoms with E-state index in [0.717, 1.165) is 30.6 Å². The number of anilines is 2. The van der Waals surface area contributed by atoms with Gasteiger partial charge in [0.25, 0.3) is 5.91 Å². The molecule has 2 aromatic heterocycles. The van der Waals surface area contributed by atoms with E-state index in [1.54, 1.807) is 0 Å². The Morgan fingerprint density at radius 3 is 2.59 bits per heavy atom. The number of ketones is 1. The van der Waals surface area contributed by atoms with Crippen molar-refractivity contribution in [1.82, 2.24) is 9.97 Å². The summed E-state index contributed by atoms with van der Waals surface area (Å²) in [6, 6.07) is 5.41. The maximum atomic E-state index is 13.7. The number of nitrogens with one attached hydrogen (secondary N) is 2.